The molecule has 0 saturated carbocycles. The molecule has 5 unspecified atom stereocenters. The standard InChI is InChI=1S/C16H20N3O7P/c1-10-14(21)12(25-15(10)19-8-7-13(20)18-16(19)22)9-24-27(17,23)26-11-5-3-2-4-6-11/h2-8,10,12,14-15,21H,9H2,1H3,(H2,17,23)(H,18,20,22). The summed E-state index contributed by atoms with van der Waals surface area (Å²) in [5.41, 5.74) is 4.37. The Morgan fingerprint density at radius 1 is 1.30 bits per heavy atom. The zero-order chi connectivity index (χ0) is 19.6. The number of ether oxygens (including phenoxy) is 1. The van der Waals surface area contributed by atoms with Crippen LogP contribution in [0, 0.1) is 5.92 Å². The van der Waals surface area contributed by atoms with Crippen LogP contribution in [0.5, 0.6) is 5.75 Å². The number of aliphatic hydroxyl groups is 1. The SMILES string of the molecule is CC1C(O)C(COP(N)(=O)Oc2ccccc2)OC1n1ccc(=O)[nH]c1=O. The number of para-hydroxylation sites is 1. The van der Waals surface area contributed by atoms with Gasteiger partial charge in [0.1, 0.15) is 18.1 Å². The molecule has 10 nitrogen and oxygen atoms in total. The van der Waals surface area contributed by atoms with Crippen LogP contribution < -0.4 is 21.3 Å². The van der Waals surface area contributed by atoms with Crippen LogP contribution in [0.3, 0.4) is 0 Å². The highest BCUT2D eigenvalue weighted by molar-refractivity contribution is 7.51. The summed E-state index contributed by atoms with van der Waals surface area (Å²) in [6.45, 7) is 1.37. The summed E-state index contributed by atoms with van der Waals surface area (Å²) in [4.78, 5) is 25.3. The lowest BCUT2D eigenvalue weighted by Gasteiger charge is -2.19. The fourth-order valence-electron chi connectivity index (χ4n) is 2.81. The highest BCUT2D eigenvalue weighted by Crippen LogP contribution is 2.42. The normalized spacial score (nSPS) is 27.2. The van der Waals surface area contributed by atoms with E-state index in [0.717, 1.165) is 4.57 Å². The number of aromatic amines is 1. The first-order valence-corrected chi connectivity index (χ1v) is 9.81. The Morgan fingerprint density at radius 3 is 2.67 bits per heavy atom. The zero-order valence-corrected chi connectivity index (χ0v) is 15.3. The zero-order valence-electron chi connectivity index (χ0n) is 14.4. The number of rotatable bonds is 6. The van der Waals surface area contributed by atoms with Gasteiger partial charge in [-0.2, -0.15) is 0 Å². The number of H-pyrrole nitrogens is 1. The number of aromatic nitrogens is 2. The minimum atomic E-state index is -3.93. The summed E-state index contributed by atoms with van der Waals surface area (Å²) in [5, 5.41) is 10.4. The number of nitrogens with zero attached hydrogens (tertiary/aromatic N) is 1. The monoisotopic (exact) mass is 397 g/mol. The topological polar surface area (TPSA) is 146 Å². The van der Waals surface area contributed by atoms with Gasteiger partial charge in [-0.05, 0) is 12.1 Å². The third-order valence-corrected chi connectivity index (χ3v) is 5.18. The van der Waals surface area contributed by atoms with Crippen LogP contribution >= 0.6 is 7.75 Å². The molecule has 0 radical (unpaired) electrons. The lowest BCUT2D eigenvalue weighted by atomic mass is 10.0. The van der Waals surface area contributed by atoms with Crippen molar-refractivity contribution in [3.63, 3.8) is 0 Å². The Balaban J connectivity index is 1.66. The van der Waals surface area contributed by atoms with E-state index in [9.17, 15) is 19.3 Å². The van der Waals surface area contributed by atoms with Crippen LogP contribution in [0.4, 0.5) is 0 Å². The van der Waals surface area contributed by atoms with Gasteiger partial charge >= 0.3 is 13.4 Å². The van der Waals surface area contributed by atoms with Gasteiger partial charge in [-0.15, -0.1) is 0 Å². The average molecular weight is 397 g/mol. The van der Waals surface area contributed by atoms with Crippen LogP contribution in [0.15, 0.2) is 52.2 Å². The van der Waals surface area contributed by atoms with Crippen LogP contribution in [-0.4, -0.2) is 33.5 Å². The van der Waals surface area contributed by atoms with Gasteiger partial charge in [0.15, 0.2) is 0 Å². The fraction of sp³-hybridized carbons (Fsp3) is 0.375. The summed E-state index contributed by atoms with van der Waals surface area (Å²) in [5.74, 6) is -0.211. The van der Waals surface area contributed by atoms with Gasteiger partial charge in [0.2, 0.25) is 0 Å². The van der Waals surface area contributed by atoms with Gasteiger partial charge < -0.3 is 14.4 Å². The maximum Gasteiger partial charge on any atom is 0.456 e. The molecule has 1 aromatic carbocycles. The number of nitrogens with two attached hydrogens (primary N) is 1. The summed E-state index contributed by atoms with van der Waals surface area (Å²) in [6.07, 6.45) is -1.44. The molecular formula is C16H20N3O7P. The van der Waals surface area contributed by atoms with Crippen molar-refractivity contribution in [2.75, 3.05) is 6.61 Å². The van der Waals surface area contributed by atoms with Crippen molar-refractivity contribution in [2.45, 2.75) is 25.4 Å². The first-order chi connectivity index (χ1) is 12.8. The molecule has 11 heteroatoms. The molecule has 0 spiro atoms. The molecule has 2 heterocycles. The molecule has 0 amide bonds. The van der Waals surface area contributed by atoms with Gasteiger partial charge in [0, 0.05) is 18.2 Å². The molecule has 2 aromatic rings. The molecule has 1 aliphatic rings. The molecule has 0 aliphatic carbocycles. The highest BCUT2D eigenvalue weighted by Gasteiger charge is 2.43. The summed E-state index contributed by atoms with van der Waals surface area (Å²) in [7, 11) is -3.93. The predicted octanol–water partition coefficient (Wildman–Crippen LogP) is 0.593. The maximum atomic E-state index is 12.3. The summed E-state index contributed by atoms with van der Waals surface area (Å²) >= 11 is 0. The van der Waals surface area contributed by atoms with E-state index in [-0.39, 0.29) is 12.4 Å². The van der Waals surface area contributed by atoms with E-state index >= 15 is 0 Å². The molecule has 27 heavy (non-hydrogen) atoms. The van der Waals surface area contributed by atoms with Crippen molar-refractivity contribution in [3.05, 3.63) is 63.4 Å². The Labute approximate surface area is 154 Å². The lowest BCUT2D eigenvalue weighted by molar-refractivity contribution is -0.0441. The molecule has 146 valence electrons. The van der Waals surface area contributed by atoms with Crippen molar-refractivity contribution in [1.82, 2.24) is 9.55 Å². The Kier molecular flexibility index (Phi) is 5.64. The van der Waals surface area contributed by atoms with E-state index in [0.29, 0.717) is 0 Å². The fourth-order valence-corrected chi connectivity index (χ4v) is 3.63. The van der Waals surface area contributed by atoms with Gasteiger partial charge in [0.05, 0.1) is 12.7 Å². The van der Waals surface area contributed by atoms with E-state index in [1.807, 2.05) is 0 Å². The molecule has 3 rings (SSSR count). The largest absolute Gasteiger partial charge is 0.456 e. The smallest absolute Gasteiger partial charge is 0.413 e. The average Bonchev–Trinajstić information content (AvgIpc) is 2.89. The third kappa shape index (κ3) is 4.55. The predicted molar refractivity (Wildman–Crippen MR) is 95.2 cm³/mol. The highest BCUT2D eigenvalue weighted by atomic mass is 31.2. The molecule has 1 saturated heterocycles. The van der Waals surface area contributed by atoms with Gasteiger partial charge in [-0.1, -0.05) is 25.1 Å². The Bertz CT molecular complexity index is 945. The summed E-state index contributed by atoms with van der Waals surface area (Å²) in [6, 6.07) is 9.46. The molecule has 4 N–H and O–H groups in total. The number of hydrogen-bond acceptors (Lipinski definition) is 7. The number of aliphatic hydroxyl groups excluding tert-OH is 1. The summed E-state index contributed by atoms with van der Waals surface area (Å²) < 4.78 is 29.4. The van der Waals surface area contributed by atoms with Crippen molar-refractivity contribution < 1.29 is 23.5 Å². The van der Waals surface area contributed by atoms with Gasteiger partial charge in [0.25, 0.3) is 5.56 Å². The second-order valence-electron chi connectivity index (χ2n) is 6.17. The minimum Gasteiger partial charge on any atom is -0.413 e. The molecule has 1 fully saturated rings. The van der Waals surface area contributed by atoms with Gasteiger partial charge in [-0.25, -0.2) is 14.9 Å². The molecule has 1 aromatic heterocycles. The van der Waals surface area contributed by atoms with E-state index in [2.05, 4.69) is 4.98 Å². The van der Waals surface area contributed by atoms with Crippen LogP contribution in [-0.2, 0) is 13.8 Å². The van der Waals surface area contributed by atoms with E-state index in [1.165, 1.54) is 12.3 Å². The second kappa shape index (κ2) is 7.79. The Hall–Kier alpha value is -2.23. The molecule has 1 aliphatic heterocycles. The van der Waals surface area contributed by atoms with E-state index in [1.54, 1.807) is 37.3 Å². The first kappa shape index (κ1) is 19.5. The third-order valence-electron chi connectivity index (χ3n) is 4.20. The quantitative estimate of drug-likeness (QED) is 0.601. The minimum absolute atomic E-state index is 0.280. The van der Waals surface area contributed by atoms with Crippen molar-refractivity contribution in [1.29, 1.82) is 0 Å². The van der Waals surface area contributed by atoms with Crippen LogP contribution in [0.25, 0.3) is 0 Å². The van der Waals surface area contributed by atoms with Crippen LogP contribution in [0.1, 0.15) is 13.2 Å². The van der Waals surface area contributed by atoms with E-state index < -0.39 is 43.3 Å². The molecular weight excluding hydrogens is 377 g/mol. The maximum absolute atomic E-state index is 12.3. The molecule has 5 atom stereocenters. The number of hydrogen-bond donors (Lipinski definition) is 3. The van der Waals surface area contributed by atoms with Crippen molar-refractivity contribution in [2.24, 2.45) is 11.4 Å². The van der Waals surface area contributed by atoms with Crippen molar-refractivity contribution >= 4 is 7.75 Å². The van der Waals surface area contributed by atoms with Crippen LogP contribution in [0.2, 0.25) is 0 Å². The number of benzene rings is 1. The first-order valence-electron chi connectivity index (χ1n) is 8.19. The van der Waals surface area contributed by atoms with E-state index in [4.69, 9.17) is 19.3 Å². The Morgan fingerprint density at radius 2 is 2.00 bits per heavy atom. The lowest BCUT2D eigenvalue weighted by Crippen LogP contribution is -2.33. The number of nitrogens with one attached hydrogen (secondary N) is 1. The van der Waals surface area contributed by atoms with Gasteiger partial charge in [-0.3, -0.25) is 18.9 Å². The van der Waals surface area contributed by atoms with Crippen molar-refractivity contribution in [3.8, 4) is 5.75 Å². The molecule has 0 bridgehead atoms. The second-order valence-corrected chi connectivity index (χ2v) is 7.69.